The zero-order chi connectivity index (χ0) is 25.6. The van der Waals surface area contributed by atoms with Crippen LogP contribution in [0.2, 0.25) is 5.02 Å². The second-order valence-corrected chi connectivity index (χ2v) is 9.54. The van der Waals surface area contributed by atoms with E-state index in [1.165, 1.54) is 0 Å². The first-order chi connectivity index (χ1) is 16.4. The van der Waals surface area contributed by atoms with E-state index in [1.54, 1.807) is 30.3 Å². The van der Waals surface area contributed by atoms with Gasteiger partial charge in [-0.05, 0) is 30.1 Å². The van der Waals surface area contributed by atoms with E-state index in [1.807, 2.05) is 4.90 Å². The molecule has 0 unspecified atom stereocenters. The van der Waals surface area contributed by atoms with Gasteiger partial charge in [0.2, 0.25) is 5.91 Å². The maximum Gasteiger partial charge on any atom is 1.00 e. The molecule has 36 heavy (non-hydrogen) atoms. The number of nitrogens with one attached hydrogen (secondary N) is 1. The molecule has 1 N–H and O–H groups in total. The predicted octanol–water partition coefficient (Wildman–Crippen LogP) is 3.19. The fraction of sp³-hybridized carbons (Fsp3) is 0.400. The van der Waals surface area contributed by atoms with Crippen molar-refractivity contribution in [2.45, 2.75) is 45.2 Å². The molecule has 11 heteroatoms. The number of nitrogens with zero attached hydrogens (tertiary/aromatic N) is 3. The summed E-state index contributed by atoms with van der Waals surface area (Å²) in [7, 11) is 0. The first kappa shape index (κ1) is 30.8. The summed E-state index contributed by atoms with van der Waals surface area (Å²) in [6, 6.07) is 12.5. The molecule has 1 aliphatic heterocycles. The Balaban J connectivity index is 0.000000386. The predicted molar refractivity (Wildman–Crippen MR) is 127 cm³/mol. The second-order valence-electron chi connectivity index (χ2n) is 9.14. The standard InChI is InChI=1S/C18H16ClF3N3O.C7H10NO.K/c19-15-10-13(18(20,21)22)11-23-16(15)25-8-6-12(7-9-25)17(26)24-14-4-2-1-3-5-14;1-7(2,3)6-4-5-8-9-6;/h2-5,10-12H,6-9H2,(H,24,26);4H,1-3H3;/q2*-1;+1. The van der Waals surface area contributed by atoms with Crippen LogP contribution in [0.4, 0.5) is 24.7 Å². The van der Waals surface area contributed by atoms with E-state index in [9.17, 15) is 18.0 Å². The van der Waals surface area contributed by atoms with Crippen molar-refractivity contribution in [1.29, 1.82) is 0 Å². The second kappa shape index (κ2) is 13.4. The number of benzene rings is 1. The van der Waals surface area contributed by atoms with Crippen molar-refractivity contribution in [3.05, 3.63) is 71.2 Å². The molecule has 2 aromatic heterocycles. The Labute approximate surface area is 256 Å². The number of alkyl halides is 3. The van der Waals surface area contributed by atoms with Gasteiger partial charge < -0.3 is 14.7 Å². The number of carbonyl (C=O) groups excluding carboxylic acids is 1. The van der Waals surface area contributed by atoms with Crippen LogP contribution in [0, 0.1) is 18.2 Å². The molecule has 0 atom stereocenters. The molecule has 3 heterocycles. The average Bonchev–Trinajstić information content (AvgIpc) is 3.36. The number of halogens is 4. The maximum atomic E-state index is 12.7. The number of carbonyl (C=O) groups is 1. The quantitative estimate of drug-likeness (QED) is 0.404. The van der Waals surface area contributed by atoms with Gasteiger partial charge in [0, 0.05) is 25.2 Å². The molecule has 0 radical (unpaired) electrons. The van der Waals surface area contributed by atoms with E-state index in [0.29, 0.717) is 37.4 Å². The summed E-state index contributed by atoms with van der Waals surface area (Å²) in [5.74, 6) is 0.964. The molecule has 3 aromatic rings. The van der Waals surface area contributed by atoms with Crippen LogP contribution in [-0.2, 0) is 16.4 Å². The van der Waals surface area contributed by atoms with Crippen LogP contribution < -0.4 is 61.6 Å². The van der Waals surface area contributed by atoms with Crippen molar-refractivity contribution in [1.82, 2.24) is 10.1 Å². The third-order valence-corrected chi connectivity index (χ3v) is 5.71. The monoisotopic (exact) mass is 545 g/mol. The van der Waals surface area contributed by atoms with E-state index < -0.39 is 11.7 Å². The van der Waals surface area contributed by atoms with Crippen molar-refractivity contribution >= 4 is 29.0 Å². The van der Waals surface area contributed by atoms with Crippen molar-refractivity contribution < 1.29 is 73.9 Å². The van der Waals surface area contributed by atoms with Gasteiger partial charge in [0.25, 0.3) is 0 Å². The van der Waals surface area contributed by atoms with Gasteiger partial charge in [-0.25, -0.2) is 10.1 Å². The normalized spacial score (nSPS) is 14.4. The molecule has 0 spiro atoms. The van der Waals surface area contributed by atoms with E-state index in [2.05, 4.69) is 48.5 Å². The summed E-state index contributed by atoms with van der Waals surface area (Å²) in [6.07, 6.45) is 0.0735. The first-order valence-electron chi connectivity index (χ1n) is 11.0. The van der Waals surface area contributed by atoms with Gasteiger partial charge >= 0.3 is 57.6 Å². The van der Waals surface area contributed by atoms with E-state index >= 15 is 0 Å². The molecule has 1 aliphatic rings. The van der Waals surface area contributed by atoms with Crippen LogP contribution in [-0.4, -0.2) is 29.1 Å². The summed E-state index contributed by atoms with van der Waals surface area (Å²) in [5.41, 5.74) is -0.100. The van der Waals surface area contributed by atoms with Gasteiger partial charge in [0.1, 0.15) is 5.82 Å². The first-order valence-corrected chi connectivity index (χ1v) is 11.4. The number of aromatic nitrogens is 2. The molecular weight excluding hydrogens is 520 g/mol. The SMILES string of the molecule is CC(C)(C)c1c[c-]no1.O=C(Nc1cc[c-]cc1)C1CCN(c2ncc(C(F)(F)F)cc2Cl)CC1.[K+]. The van der Waals surface area contributed by atoms with Crippen LogP contribution >= 0.6 is 11.6 Å². The molecule has 6 nitrogen and oxygen atoms in total. The van der Waals surface area contributed by atoms with Gasteiger partial charge in [0.05, 0.1) is 10.6 Å². The summed E-state index contributed by atoms with van der Waals surface area (Å²) in [6.45, 7) is 7.21. The molecule has 188 valence electrons. The van der Waals surface area contributed by atoms with Gasteiger partial charge in [-0.15, -0.1) is 18.3 Å². The van der Waals surface area contributed by atoms with Gasteiger partial charge in [0.15, 0.2) is 0 Å². The Hall–Kier alpha value is -1.43. The van der Waals surface area contributed by atoms with Crippen molar-refractivity contribution in [2.24, 2.45) is 5.92 Å². The van der Waals surface area contributed by atoms with Crippen LogP contribution in [0.3, 0.4) is 0 Å². The van der Waals surface area contributed by atoms with Crippen LogP contribution in [0.1, 0.15) is 44.9 Å². The molecule has 1 amide bonds. The topological polar surface area (TPSA) is 71.3 Å². The molecule has 0 aliphatic carbocycles. The van der Waals surface area contributed by atoms with E-state index in [-0.39, 0.29) is 73.6 Å². The third kappa shape index (κ3) is 8.85. The Bertz CT molecular complexity index is 1100. The van der Waals surface area contributed by atoms with Gasteiger partial charge in [-0.2, -0.15) is 37.4 Å². The van der Waals surface area contributed by atoms with Crippen LogP contribution in [0.5, 0.6) is 0 Å². The Morgan fingerprint density at radius 2 is 1.83 bits per heavy atom. The van der Waals surface area contributed by atoms with Crippen molar-refractivity contribution in [2.75, 3.05) is 23.3 Å². The number of hydrogen-bond acceptors (Lipinski definition) is 5. The minimum Gasteiger partial charge on any atom is -0.470 e. The summed E-state index contributed by atoms with van der Waals surface area (Å²) in [4.78, 5) is 18.0. The largest absolute Gasteiger partial charge is 1.00 e. The fourth-order valence-corrected chi connectivity index (χ4v) is 3.71. The fourth-order valence-electron chi connectivity index (χ4n) is 3.43. The van der Waals surface area contributed by atoms with Gasteiger partial charge in [-0.3, -0.25) is 4.79 Å². The number of anilines is 2. The summed E-state index contributed by atoms with van der Waals surface area (Å²) >= 11 is 5.99. The van der Waals surface area contributed by atoms with Gasteiger partial charge in [-0.1, -0.05) is 38.1 Å². The maximum absolute atomic E-state index is 12.7. The molecular formula is C25H26ClF3KN4O2-. The minimum atomic E-state index is -4.48. The molecule has 1 saturated heterocycles. The number of rotatable bonds is 3. The summed E-state index contributed by atoms with van der Waals surface area (Å²) in [5, 5.41) is 6.31. The number of amides is 1. The molecule has 4 rings (SSSR count). The number of pyridine rings is 1. The van der Waals surface area contributed by atoms with E-state index in [0.717, 1.165) is 18.0 Å². The van der Waals surface area contributed by atoms with Crippen molar-refractivity contribution in [3.63, 3.8) is 0 Å². The molecule has 1 aromatic carbocycles. The third-order valence-electron chi connectivity index (χ3n) is 5.43. The zero-order valence-corrected chi connectivity index (χ0v) is 24.5. The minimum absolute atomic E-state index is 0. The smallest absolute Gasteiger partial charge is 0.470 e. The summed E-state index contributed by atoms with van der Waals surface area (Å²) < 4.78 is 43.0. The van der Waals surface area contributed by atoms with Crippen LogP contribution in [0.25, 0.3) is 0 Å². The van der Waals surface area contributed by atoms with Crippen molar-refractivity contribution in [3.8, 4) is 0 Å². The zero-order valence-electron chi connectivity index (χ0n) is 20.6. The Morgan fingerprint density at radius 1 is 1.19 bits per heavy atom. The number of hydrogen-bond donors (Lipinski definition) is 1. The molecule has 1 fully saturated rings. The number of piperidine rings is 1. The Kier molecular flexibility index (Phi) is 11.4. The van der Waals surface area contributed by atoms with Crippen LogP contribution in [0.15, 0.2) is 47.1 Å². The molecule has 0 saturated carbocycles. The average molecular weight is 546 g/mol. The molecule has 0 bridgehead atoms. The Morgan fingerprint density at radius 3 is 2.31 bits per heavy atom. The van der Waals surface area contributed by atoms with E-state index in [4.69, 9.17) is 16.1 Å².